The van der Waals surface area contributed by atoms with Gasteiger partial charge in [-0.2, -0.15) is 0 Å². The quantitative estimate of drug-likeness (QED) is 0.797. The van der Waals surface area contributed by atoms with E-state index in [0.29, 0.717) is 12.3 Å². The van der Waals surface area contributed by atoms with E-state index < -0.39 is 0 Å². The normalized spacial score (nSPS) is 27.9. The van der Waals surface area contributed by atoms with Gasteiger partial charge in [0.25, 0.3) is 0 Å². The molecule has 1 fully saturated rings. The van der Waals surface area contributed by atoms with Gasteiger partial charge >= 0.3 is 0 Å². The molecule has 0 spiro atoms. The summed E-state index contributed by atoms with van der Waals surface area (Å²) in [6, 6.07) is 0.0483. The van der Waals surface area contributed by atoms with Crippen molar-refractivity contribution in [3.8, 4) is 0 Å². The molecule has 3 atom stereocenters. The van der Waals surface area contributed by atoms with Crippen LogP contribution in [-0.2, 0) is 4.79 Å². The molecule has 3 heteroatoms. The summed E-state index contributed by atoms with van der Waals surface area (Å²) in [5, 5.41) is 0. The van der Waals surface area contributed by atoms with Crippen molar-refractivity contribution in [2.75, 3.05) is 13.1 Å². The Bertz CT molecular complexity index is 230. The SMILES string of the molecule is CCCC(N)CC(=O)N1CCC(C)C(C)C1. The molecule has 3 unspecified atom stereocenters. The molecule has 2 N–H and O–H groups in total. The molecular formula is C13H26N2O. The van der Waals surface area contributed by atoms with Crippen molar-refractivity contribution in [3.63, 3.8) is 0 Å². The molecule has 0 bridgehead atoms. The molecule has 16 heavy (non-hydrogen) atoms. The van der Waals surface area contributed by atoms with Gasteiger partial charge in [0.05, 0.1) is 0 Å². The van der Waals surface area contributed by atoms with Gasteiger partial charge in [-0.3, -0.25) is 4.79 Å². The number of rotatable bonds is 4. The minimum absolute atomic E-state index is 0.0483. The fraction of sp³-hybridized carbons (Fsp3) is 0.923. The lowest BCUT2D eigenvalue weighted by Crippen LogP contribution is -2.44. The number of nitrogens with zero attached hydrogens (tertiary/aromatic N) is 1. The first-order valence-electron chi connectivity index (χ1n) is 6.58. The predicted molar refractivity (Wildman–Crippen MR) is 67.0 cm³/mol. The third-order valence-electron chi connectivity index (χ3n) is 3.78. The number of nitrogens with two attached hydrogens (primary N) is 1. The molecule has 1 aliphatic rings. The predicted octanol–water partition coefficient (Wildman–Crippen LogP) is 2.01. The number of carbonyl (C=O) groups is 1. The minimum atomic E-state index is 0.0483. The summed E-state index contributed by atoms with van der Waals surface area (Å²) >= 11 is 0. The third-order valence-corrected chi connectivity index (χ3v) is 3.78. The van der Waals surface area contributed by atoms with Crippen LogP contribution >= 0.6 is 0 Å². The Balaban J connectivity index is 2.37. The van der Waals surface area contributed by atoms with E-state index in [9.17, 15) is 4.79 Å². The maximum absolute atomic E-state index is 12.0. The zero-order chi connectivity index (χ0) is 12.1. The van der Waals surface area contributed by atoms with Crippen molar-refractivity contribution < 1.29 is 4.79 Å². The van der Waals surface area contributed by atoms with E-state index in [1.54, 1.807) is 0 Å². The summed E-state index contributed by atoms with van der Waals surface area (Å²) in [7, 11) is 0. The van der Waals surface area contributed by atoms with Crippen molar-refractivity contribution in [2.45, 2.75) is 52.5 Å². The topological polar surface area (TPSA) is 46.3 Å². The van der Waals surface area contributed by atoms with E-state index in [1.165, 1.54) is 0 Å². The number of likely N-dealkylation sites (tertiary alicyclic amines) is 1. The van der Waals surface area contributed by atoms with Gasteiger partial charge < -0.3 is 10.6 Å². The summed E-state index contributed by atoms with van der Waals surface area (Å²) in [5.41, 5.74) is 5.91. The van der Waals surface area contributed by atoms with Gasteiger partial charge in [-0.25, -0.2) is 0 Å². The molecule has 1 aliphatic heterocycles. The van der Waals surface area contributed by atoms with Gasteiger partial charge in [-0.05, 0) is 24.7 Å². The van der Waals surface area contributed by atoms with Crippen LogP contribution in [0.5, 0.6) is 0 Å². The number of amides is 1. The second-order valence-corrected chi connectivity index (χ2v) is 5.34. The second-order valence-electron chi connectivity index (χ2n) is 5.34. The first-order chi connectivity index (χ1) is 7.54. The van der Waals surface area contributed by atoms with Crippen molar-refractivity contribution >= 4 is 5.91 Å². The standard InChI is InChI=1S/C13H26N2O/c1-4-5-12(14)8-13(16)15-7-6-10(2)11(3)9-15/h10-12H,4-9,14H2,1-3H3. The third kappa shape index (κ3) is 3.78. The van der Waals surface area contributed by atoms with E-state index in [1.807, 2.05) is 4.90 Å². The van der Waals surface area contributed by atoms with E-state index in [2.05, 4.69) is 20.8 Å². The molecule has 1 saturated heterocycles. The Kier molecular flexibility index (Phi) is 5.26. The summed E-state index contributed by atoms with van der Waals surface area (Å²) in [6.45, 7) is 8.45. The van der Waals surface area contributed by atoms with Crippen LogP contribution in [0.25, 0.3) is 0 Å². The number of carbonyl (C=O) groups excluding carboxylic acids is 1. The molecule has 0 aromatic heterocycles. The fourth-order valence-electron chi connectivity index (χ4n) is 2.32. The molecule has 1 amide bonds. The molecule has 0 saturated carbocycles. The summed E-state index contributed by atoms with van der Waals surface area (Å²) < 4.78 is 0. The van der Waals surface area contributed by atoms with Crippen molar-refractivity contribution in [3.05, 3.63) is 0 Å². The highest BCUT2D eigenvalue weighted by Crippen LogP contribution is 2.23. The Morgan fingerprint density at radius 2 is 2.12 bits per heavy atom. The van der Waals surface area contributed by atoms with Crippen LogP contribution in [0.15, 0.2) is 0 Å². The molecule has 0 aromatic carbocycles. The summed E-state index contributed by atoms with van der Waals surface area (Å²) in [5.74, 6) is 1.62. The van der Waals surface area contributed by atoms with E-state index in [-0.39, 0.29) is 11.9 Å². The highest BCUT2D eigenvalue weighted by molar-refractivity contribution is 5.76. The van der Waals surface area contributed by atoms with Gasteiger partial charge in [-0.1, -0.05) is 27.2 Å². The van der Waals surface area contributed by atoms with Crippen molar-refractivity contribution in [2.24, 2.45) is 17.6 Å². The molecular weight excluding hydrogens is 200 g/mol. The molecule has 94 valence electrons. The number of hydrogen-bond donors (Lipinski definition) is 1. The molecule has 0 aliphatic carbocycles. The fourth-order valence-corrected chi connectivity index (χ4v) is 2.32. The van der Waals surface area contributed by atoms with E-state index in [0.717, 1.165) is 38.3 Å². The van der Waals surface area contributed by atoms with Crippen molar-refractivity contribution in [1.29, 1.82) is 0 Å². The Morgan fingerprint density at radius 1 is 1.44 bits per heavy atom. The molecule has 0 aromatic rings. The van der Waals surface area contributed by atoms with Crippen LogP contribution < -0.4 is 5.73 Å². The van der Waals surface area contributed by atoms with Crippen LogP contribution in [0.3, 0.4) is 0 Å². The highest BCUT2D eigenvalue weighted by atomic mass is 16.2. The lowest BCUT2D eigenvalue weighted by molar-refractivity contribution is -0.133. The van der Waals surface area contributed by atoms with Gasteiger partial charge in [0.2, 0.25) is 5.91 Å². The zero-order valence-corrected chi connectivity index (χ0v) is 10.9. The van der Waals surface area contributed by atoms with E-state index >= 15 is 0 Å². The average Bonchev–Trinajstić information content (AvgIpc) is 2.22. The lowest BCUT2D eigenvalue weighted by Gasteiger charge is -2.35. The summed E-state index contributed by atoms with van der Waals surface area (Å²) in [6.07, 6.45) is 3.66. The van der Waals surface area contributed by atoms with Crippen LogP contribution in [0.2, 0.25) is 0 Å². The number of hydrogen-bond acceptors (Lipinski definition) is 2. The van der Waals surface area contributed by atoms with Crippen LogP contribution in [-0.4, -0.2) is 29.9 Å². The molecule has 1 heterocycles. The van der Waals surface area contributed by atoms with Gasteiger partial charge in [0.15, 0.2) is 0 Å². The first-order valence-corrected chi connectivity index (χ1v) is 6.58. The molecule has 1 rings (SSSR count). The van der Waals surface area contributed by atoms with Gasteiger partial charge in [0, 0.05) is 25.6 Å². The molecule has 3 nitrogen and oxygen atoms in total. The monoisotopic (exact) mass is 226 g/mol. The maximum Gasteiger partial charge on any atom is 0.224 e. The Hall–Kier alpha value is -0.570. The zero-order valence-electron chi connectivity index (χ0n) is 10.9. The molecule has 0 radical (unpaired) electrons. The Morgan fingerprint density at radius 3 is 2.69 bits per heavy atom. The van der Waals surface area contributed by atoms with Crippen LogP contribution in [0.4, 0.5) is 0 Å². The van der Waals surface area contributed by atoms with E-state index in [4.69, 9.17) is 5.73 Å². The van der Waals surface area contributed by atoms with Gasteiger partial charge in [0.1, 0.15) is 0 Å². The van der Waals surface area contributed by atoms with Gasteiger partial charge in [-0.15, -0.1) is 0 Å². The second kappa shape index (κ2) is 6.24. The largest absolute Gasteiger partial charge is 0.342 e. The van der Waals surface area contributed by atoms with Crippen LogP contribution in [0, 0.1) is 11.8 Å². The Labute approximate surface area is 99.4 Å². The smallest absolute Gasteiger partial charge is 0.224 e. The first kappa shape index (κ1) is 13.5. The average molecular weight is 226 g/mol. The van der Waals surface area contributed by atoms with Crippen LogP contribution in [0.1, 0.15) is 46.5 Å². The maximum atomic E-state index is 12.0. The lowest BCUT2D eigenvalue weighted by atomic mass is 9.88. The van der Waals surface area contributed by atoms with Crippen molar-refractivity contribution in [1.82, 2.24) is 4.90 Å². The minimum Gasteiger partial charge on any atom is -0.342 e. The number of piperidine rings is 1. The highest BCUT2D eigenvalue weighted by Gasteiger charge is 2.26. The summed E-state index contributed by atoms with van der Waals surface area (Å²) in [4.78, 5) is 14.0.